The molecule has 9 nitrogen and oxygen atoms in total. The van der Waals surface area contributed by atoms with E-state index in [1.54, 1.807) is 12.1 Å². The number of rotatable bonds is 7. The Balaban J connectivity index is 1.71. The summed E-state index contributed by atoms with van der Waals surface area (Å²) < 4.78 is 5.03. The van der Waals surface area contributed by atoms with Crippen LogP contribution in [0.3, 0.4) is 0 Å². The molecular formula is C21H17Cl2N3O6. The van der Waals surface area contributed by atoms with Gasteiger partial charge in [0.2, 0.25) is 5.91 Å². The van der Waals surface area contributed by atoms with Crippen molar-refractivity contribution < 1.29 is 29.0 Å². The van der Waals surface area contributed by atoms with Crippen LogP contribution >= 0.6 is 23.2 Å². The normalized spacial score (nSPS) is 14.5. The predicted molar refractivity (Wildman–Crippen MR) is 118 cm³/mol. The molecule has 3 rings (SSSR count). The minimum absolute atomic E-state index is 0.0194. The fourth-order valence-electron chi connectivity index (χ4n) is 2.80. The van der Waals surface area contributed by atoms with Crippen molar-refractivity contribution in [3.63, 3.8) is 0 Å². The number of hydrogen-bond donors (Lipinski definition) is 3. The van der Waals surface area contributed by atoms with E-state index in [-0.39, 0.29) is 21.5 Å². The molecule has 166 valence electrons. The number of anilines is 1. The number of nitrogens with one attached hydrogen (secondary N) is 2. The summed E-state index contributed by atoms with van der Waals surface area (Å²) in [6, 6.07) is 9.09. The molecule has 2 aromatic carbocycles. The summed E-state index contributed by atoms with van der Waals surface area (Å²) in [5.41, 5.74) is 1.84. The molecule has 0 spiro atoms. The number of carbonyl (C=O) groups is 4. The molecule has 0 bridgehead atoms. The van der Waals surface area contributed by atoms with Crippen LogP contribution in [0.5, 0.6) is 5.75 Å². The predicted octanol–water partition coefficient (Wildman–Crippen LogP) is 3.30. The molecule has 0 unspecified atom stereocenters. The second-order valence-corrected chi connectivity index (χ2v) is 7.60. The fraction of sp³-hybridized carbons (Fsp3) is 0.143. The zero-order valence-corrected chi connectivity index (χ0v) is 18.2. The lowest BCUT2D eigenvalue weighted by Crippen LogP contribution is -2.38. The molecule has 1 aliphatic heterocycles. The first-order valence-corrected chi connectivity index (χ1v) is 9.94. The number of carboxylic acids is 1. The number of urea groups is 1. The van der Waals surface area contributed by atoms with Gasteiger partial charge in [-0.2, -0.15) is 0 Å². The van der Waals surface area contributed by atoms with Gasteiger partial charge in [-0.3, -0.25) is 9.59 Å². The van der Waals surface area contributed by atoms with Gasteiger partial charge in [0.05, 0.1) is 10.0 Å². The first kappa shape index (κ1) is 23.1. The van der Waals surface area contributed by atoms with Gasteiger partial charge >= 0.3 is 12.0 Å². The summed E-state index contributed by atoms with van der Waals surface area (Å²) in [5.74, 6) is -2.46. The van der Waals surface area contributed by atoms with Crippen LogP contribution in [0.15, 0.2) is 42.1 Å². The second kappa shape index (κ2) is 9.71. The van der Waals surface area contributed by atoms with E-state index in [2.05, 4.69) is 10.6 Å². The number of hydrogen-bond acceptors (Lipinski definition) is 5. The Morgan fingerprint density at radius 3 is 2.38 bits per heavy atom. The van der Waals surface area contributed by atoms with E-state index >= 15 is 0 Å². The number of ether oxygens (including phenoxy) is 1. The van der Waals surface area contributed by atoms with E-state index in [9.17, 15) is 19.2 Å². The van der Waals surface area contributed by atoms with Crippen molar-refractivity contribution in [3.05, 3.63) is 63.3 Å². The van der Waals surface area contributed by atoms with Gasteiger partial charge < -0.3 is 20.5 Å². The monoisotopic (exact) mass is 477 g/mol. The van der Waals surface area contributed by atoms with E-state index in [0.717, 1.165) is 10.5 Å². The average Bonchev–Trinajstić information content (AvgIpc) is 2.96. The lowest BCUT2D eigenvalue weighted by Gasteiger charge is -2.12. The molecule has 0 saturated carbocycles. The van der Waals surface area contributed by atoms with Crippen LogP contribution in [0.2, 0.25) is 10.0 Å². The van der Waals surface area contributed by atoms with Gasteiger partial charge in [0.25, 0.3) is 5.91 Å². The van der Waals surface area contributed by atoms with Crippen molar-refractivity contribution in [2.24, 2.45) is 0 Å². The third-order valence-electron chi connectivity index (χ3n) is 4.27. The van der Waals surface area contributed by atoms with Gasteiger partial charge in [-0.25, -0.2) is 14.5 Å². The van der Waals surface area contributed by atoms with Crippen LogP contribution in [0.4, 0.5) is 10.5 Å². The maximum absolute atomic E-state index is 12.6. The number of amides is 4. The smallest absolute Gasteiger partial charge is 0.341 e. The number of aryl methyl sites for hydroxylation is 1. The lowest BCUT2D eigenvalue weighted by atomic mass is 10.1. The molecule has 32 heavy (non-hydrogen) atoms. The zero-order chi connectivity index (χ0) is 23.4. The van der Waals surface area contributed by atoms with Crippen molar-refractivity contribution >= 4 is 58.8 Å². The summed E-state index contributed by atoms with van der Waals surface area (Å²) in [6.45, 7) is 0.803. The fourth-order valence-corrected chi connectivity index (χ4v) is 3.41. The minimum atomic E-state index is -1.20. The third kappa shape index (κ3) is 5.57. The topological polar surface area (TPSA) is 125 Å². The summed E-state index contributed by atoms with van der Waals surface area (Å²) in [6.07, 6.45) is 1.33. The maximum atomic E-state index is 12.6. The Morgan fingerprint density at radius 1 is 1.16 bits per heavy atom. The van der Waals surface area contributed by atoms with Gasteiger partial charge in [-0.15, -0.1) is 0 Å². The molecule has 0 aromatic heterocycles. The molecule has 1 saturated heterocycles. The van der Waals surface area contributed by atoms with Gasteiger partial charge in [0, 0.05) is 5.69 Å². The largest absolute Gasteiger partial charge is 0.479 e. The summed E-state index contributed by atoms with van der Waals surface area (Å²) >= 11 is 12.2. The molecule has 2 aromatic rings. The summed E-state index contributed by atoms with van der Waals surface area (Å²) in [4.78, 5) is 48.5. The molecule has 3 N–H and O–H groups in total. The quantitative estimate of drug-likeness (QED) is 0.414. The number of nitrogens with zero attached hydrogens (tertiary/aromatic N) is 1. The molecule has 0 radical (unpaired) electrons. The van der Waals surface area contributed by atoms with Gasteiger partial charge in [-0.1, -0.05) is 40.9 Å². The van der Waals surface area contributed by atoms with E-state index < -0.39 is 37.0 Å². The van der Waals surface area contributed by atoms with Gasteiger partial charge in [-0.05, 0) is 42.8 Å². The lowest BCUT2D eigenvalue weighted by molar-refractivity contribution is -0.139. The maximum Gasteiger partial charge on any atom is 0.341 e. The molecule has 0 aliphatic carbocycles. The van der Waals surface area contributed by atoms with Gasteiger partial charge in [0.1, 0.15) is 12.2 Å². The van der Waals surface area contributed by atoms with Crippen molar-refractivity contribution in [3.8, 4) is 5.75 Å². The highest BCUT2D eigenvalue weighted by Gasteiger charge is 2.35. The Kier molecular flexibility index (Phi) is 7.01. The van der Waals surface area contributed by atoms with Crippen molar-refractivity contribution in [1.29, 1.82) is 0 Å². The van der Waals surface area contributed by atoms with Crippen LogP contribution < -0.4 is 15.4 Å². The zero-order valence-electron chi connectivity index (χ0n) is 16.6. The van der Waals surface area contributed by atoms with Crippen LogP contribution in [-0.2, 0) is 14.4 Å². The van der Waals surface area contributed by atoms with Crippen LogP contribution in [-0.4, -0.2) is 47.0 Å². The van der Waals surface area contributed by atoms with Crippen molar-refractivity contribution in [1.82, 2.24) is 10.2 Å². The Labute approximate surface area is 192 Å². The Morgan fingerprint density at radius 2 is 1.78 bits per heavy atom. The number of carbonyl (C=O) groups excluding carboxylic acids is 3. The van der Waals surface area contributed by atoms with E-state index in [1.165, 1.54) is 18.2 Å². The summed E-state index contributed by atoms with van der Waals surface area (Å²) in [7, 11) is 0. The highest BCUT2D eigenvalue weighted by molar-refractivity contribution is 6.37. The molecular weight excluding hydrogens is 461 g/mol. The van der Waals surface area contributed by atoms with Crippen LogP contribution in [0.1, 0.15) is 11.1 Å². The summed E-state index contributed by atoms with van der Waals surface area (Å²) in [5, 5.41) is 13.8. The number of halogens is 2. The Bertz CT molecular complexity index is 1110. The number of imide groups is 1. The molecule has 1 aliphatic rings. The molecule has 1 heterocycles. The van der Waals surface area contributed by atoms with Crippen molar-refractivity contribution in [2.45, 2.75) is 6.92 Å². The van der Waals surface area contributed by atoms with E-state index in [4.69, 9.17) is 33.0 Å². The van der Waals surface area contributed by atoms with E-state index in [0.29, 0.717) is 11.3 Å². The molecule has 4 amide bonds. The molecule has 11 heteroatoms. The highest BCUT2D eigenvalue weighted by atomic mass is 35.5. The first-order valence-electron chi connectivity index (χ1n) is 9.18. The SMILES string of the molecule is Cc1ccc(NC(=O)CN2C(=O)N/C(=C/c3cc(Cl)c(OCC(=O)O)c(Cl)c3)C2=O)cc1. The van der Waals surface area contributed by atoms with Crippen molar-refractivity contribution in [2.75, 3.05) is 18.5 Å². The second-order valence-electron chi connectivity index (χ2n) is 6.79. The molecule has 1 fully saturated rings. The Hall–Kier alpha value is -3.56. The minimum Gasteiger partial charge on any atom is -0.479 e. The standard InChI is InChI=1S/C21H17Cl2N3O6/c1-11-2-4-13(5-3-11)24-17(27)9-26-20(30)16(25-21(26)31)8-12-6-14(22)19(15(23)7-12)32-10-18(28)29/h2-8H,9-10H2,1H3,(H,24,27)(H,25,31)(H,28,29)/b16-8+. The van der Waals surface area contributed by atoms with Crippen LogP contribution in [0, 0.1) is 6.92 Å². The van der Waals surface area contributed by atoms with Gasteiger partial charge in [0.15, 0.2) is 12.4 Å². The van der Waals surface area contributed by atoms with Crippen LogP contribution in [0.25, 0.3) is 6.08 Å². The molecule has 0 atom stereocenters. The third-order valence-corrected chi connectivity index (χ3v) is 4.83. The van der Waals surface area contributed by atoms with E-state index in [1.807, 2.05) is 19.1 Å². The number of benzene rings is 2. The average molecular weight is 478 g/mol. The number of carboxylic acid groups (broad SMARTS) is 1. The number of aliphatic carboxylic acids is 1. The first-order chi connectivity index (χ1) is 15.1. The highest BCUT2D eigenvalue weighted by Crippen LogP contribution is 2.35.